The molecule has 9 heteroatoms. The number of urea groups is 1. The fourth-order valence-corrected chi connectivity index (χ4v) is 5.55. The molecule has 1 aliphatic heterocycles. The summed E-state index contributed by atoms with van der Waals surface area (Å²) in [6.45, 7) is 3.32. The minimum atomic E-state index is -3.46. The van der Waals surface area contributed by atoms with Gasteiger partial charge >= 0.3 is 6.03 Å². The van der Waals surface area contributed by atoms with Crippen molar-refractivity contribution in [3.05, 3.63) is 34.5 Å². The van der Waals surface area contributed by atoms with Crippen LogP contribution in [0.5, 0.6) is 5.88 Å². The van der Waals surface area contributed by atoms with Gasteiger partial charge in [-0.3, -0.25) is 0 Å². The van der Waals surface area contributed by atoms with Crippen LogP contribution in [0.3, 0.4) is 0 Å². The van der Waals surface area contributed by atoms with Crippen LogP contribution in [0.1, 0.15) is 47.9 Å². The molecule has 5 rings (SSSR count). The first-order valence-corrected chi connectivity index (χ1v) is 11.2. The van der Waals surface area contributed by atoms with Crippen LogP contribution in [0.25, 0.3) is 0 Å². The average Bonchev–Trinajstić information content (AvgIpc) is 3.27. The molecule has 2 aliphatic carbocycles. The van der Waals surface area contributed by atoms with Crippen LogP contribution in [-0.4, -0.2) is 26.6 Å². The number of ether oxygens (including phenoxy) is 1. The second-order valence-electron chi connectivity index (χ2n) is 7.75. The van der Waals surface area contributed by atoms with Gasteiger partial charge in [0.05, 0.1) is 12.8 Å². The van der Waals surface area contributed by atoms with Gasteiger partial charge in [-0.05, 0) is 53.9 Å². The third kappa shape index (κ3) is 2.72. The number of benzene rings is 1. The lowest BCUT2D eigenvalue weighted by atomic mass is 9.75. The second-order valence-corrected chi connectivity index (χ2v) is 9.51. The number of aryl methyl sites for hydroxylation is 2. The van der Waals surface area contributed by atoms with E-state index in [9.17, 15) is 9.00 Å². The summed E-state index contributed by atoms with van der Waals surface area (Å²) < 4.78 is 24.0. The van der Waals surface area contributed by atoms with Crippen molar-refractivity contribution in [1.29, 1.82) is 0 Å². The maximum atomic E-state index is 13.0. The number of anilines is 1. The van der Waals surface area contributed by atoms with Gasteiger partial charge in [-0.15, -0.1) is 4.36 Å². The van der Waals surface area contributed by atoms with Crippen LogP contribution in [0, 0.1) is 0 Å². The van der Waals surface area contributed by atoms with E-state index in [4.69, 9.17) is 9.88 Å². The number of rotatable bonds is 2. The van der Waals surface area contributed by atoms with Crippen molar-refractivity contribution in [3.63, 3.8) is 0 Å². The number of nitrogens with one attached hydrogen (secondary N) is 1. The van der Waals surface area contributed by atoms with E-state index in [1.165, 1.54) is 28.5 Å². The van der Waals surface area contributed by atoms with E-state index in [1.54, 1.807) is 4.68 Å². The molecule has 0 bridgehead atoms. The SMILES string of the molecule is CC1Cc2cc3c(c(NC(=O)N=S(N)(=O)c4cnn5c4OCCC5)c21)CCC3. The number of amides is 2. The summed E-state index contributed by atoms with van der Waals surface area (Å²) in [5.41, 5.74) is 5.80. The highest BCUT2D eigenvalue weighted by Crippen LogP contribution is 2.45. The minimum absolute atomic E-state index is 0.169. The summed E-state index contributed by atoms with van der Waals surface area (Å²) in [6, 6.07) is 1.58. The van der Waals surface area contributed by atoms with Crippen LogP contribution in [0.2, 0.25) is 0 Å². The highest BCUT2D eigenvalue weighted by atomic mass is 32.2. The second kappa shape index (κ2) is 6.31. The summed E-state index contributed by atoms with van der Waals surface area (Å²) in [7, 11) is -3.46. The zero-order valence-corrected chi connectivity index (χ0v) is 16.6. The van der Waals surface area contributed by atoms with Gasteiger partial charge in [-0.1, -0.05) is 13.0 Å². The topological polar surface area (TPSA) is 112 Å². The van der Waals surface area contributed by atoms with Crippen molar-refractivity contribution in [1.82, 2.24) is 9.78 Å². The van der Waals surface area contributed by atoms with Crippen LogP contribution in [0.4, 0.5) is 10.5 Å². The minimum Gasteiger partial charge on any atom is -0.477 e. The zero-order valence-electron chi connectivity index (χ0n) is 15.7. The van der Waals surface area contributed by atoms with Crippen molar-refractivity contribution >= 4 is 21.6 Å². The molecular weight excluding hydrogens is 378 g/mol. The molecule has 3 N–H and O–H groups in total. The molecule has 2 unspecified atom stereocenters. The van der Waals surface area contributed by atoms with Gasteiger partial charge < -0.3 is 10.1 Å². The molecule has 3 aliphatic rings. The Morgan fingerprint density at radius 3 is 3.07 bits per heavy atom. The number of aromatic nitrogens is 2. The molecular formula is C19H23N5O3S. The Kier molecular flexibility index (Phi) is 3.99. The molecule has 2 amide bonds. The Morgan fingerprint density at radius 2 is 2.25 bits per heavy atom. The number of carbonyl (C=O) groups excluding carboxylic acids is 1. The van der Waals surface area contributed by atoms with E-state index in [-0.39, 0.29) is 4.90 Å². The number of hydrogen-bond acceptors (Lipinski definition) is 4. The molecule has 0 radical (unpaired) electrons. The van der Waals surface area contributed by atoms with Crippen LogP contribution in [-0.2, 0) is 35.7 Å². The summed E-state index contributed by atoms with van der Waals surface area (Å²) in [5, 5.41) is 13.0. The van der Waals surface area contributed by atoms with Crippen LogP contribution in [0.15, 0.2) is 21.5 Å². The number of carbonyl (C=O) groups is 1. The molecule has 8 nitrogen and oxygen atoms in total. The first kappa shape index (κ1) is 17.7. The fraction of sp³-hybridized carbons (Fsp3) is 0.474. The molecule has 1 aromatic heterocycles. The Bertz CT molecular complexity index is 1110. The van der Waals surface area contributed by atoms with Crippen molar-refractivity contribution in [2.45, 2.75) is 56.4 Å². The summed E-state index contributed by atoms with van der Waals surface area (Å²) >= 11 is 0. The largest absolute Gasteiger partial charge is 0.477 e. The van der Waals surface area contributed by atoms with E-state index in [0.717, 1.165) is 37.8 Å². The van der Waals surface area contributed by atoms with Gasteiger partial charge in [0.25, 0.3) is 0 Å². The van der Waals surface area contributed by atoms with E-state index in [2.05, 4.69) is 27.8 Å². The molecule has 28 heavy (non-hydrogen) atoms. The van der Waals surface area contributed by atoms with Gasteiger partial charge in [0, 0.05) is 18.7 Å². The Labute approximate surface area is 163 Å². The molecule has 0 spiro atoms. The van der Waals surface area contributed by atoms with E-state index >= 15 is 0 Å². The summed E-state index contributed by atoms with van der Waals surface area (Å²) in [6.07, 6.45) is 6.28. The predicted molar refractivity (Wildman–Crippen MR) is 105 cm³/mol. The quantitative estimate of drug-likeness (QED) is 0.806. The van der Waals surface area contributed by atoms with Gasteiger partial charge in [-0.25, -0.2) is 18.8 Å². The van der Waals surface area contributed by atoms with Gasteiger partial charge in [-0.2, -0.15) is 5.10 Å². The van der Waals surface area contributed by atoms with Crippen molar-refractivity contribution in [2.24, 2.45) is 9.50 Å². The van der Waals surface area contributed by atoms with Gasteiger partial charge in [0.15, 0.2) is 9.92 Å². The number of nitrogens with two attached hydrogens (primary N) is 1. The van der Waals surface area contributed by atoms with Crippen LogP contribution >= 0.6 is 0 Å². The fourth-order valence-electron chi connectivity index (χ4n) is 4.55. The first-order chi connectivity index (χ1) is 13.4. The highest BCUT2D eigenvalue weighted by Gasteiger charge is 2.31. The van der Waals surface area contributed by atoms with E-state index in [0.29, 0.717) is 24.9 Å². The Balaban J connectivity index is 1.49. The molecule has 2 aromatic rings. The number of nitrogens with zero attached hydrogens (tertiary/aromatic N) is 3. The molecule has 148 valence electrons. The molecule has 2 atom stereocenters. The monoisotopic (exact) mass is 401 g/mol. The molecule has 0 fully saturated rings. The smallest absolute Gasteiger partial charge is 0.354 e. The average molecular weight is 401 g/mol. The third-order valence-electron chi connectivity index (χ3n) is 5.82. The lowest BCUT2D eigenvalue weighted by molar-refractivity contribution is 0.224. The molecule has 0 saturated heterocycles. The lowest BCUT2D eigenvalue weighted by Gasteiger charge is -2.31. The van der Waals surface area contributed by atoms with Crippen molar-refractivity contribution < 1.29 is 13.7 Å². The standard InChI is InChI=1S/C19H23N5O3S/c1-11-8-13-9-12-4-2-5-14(12)17(16(11)13)22-19(25)23-28(20,26)15-10-21-24-6-3-7-27-18(15)24/h9-11H,2-8H2,1H3,(H3,20,22,23,25,26). The number of fused-ring (bicyclic) bond motifs is 3. The molecule has 1 aromatic carbocycles. The Hall–Kier alpha value is -2.39. The zero-order chi connectivity index (χ0) is 19.5. The van der Waals surface area contributed by atoms with Crippen LogP contribution < -0.4 is 15.2 Å². The highest BCUT2D eigenvalue weighted by molar-refractivity contribution is 7.91. The van der Waals surface area contributed by atoms with Gasteiger partial charge in [0.1, 0.15) is 4.90 Å². The predicted octanol–water partition coefficient (Wildman–Crippen LogP) is 2.75. The van der Waals surface area contributed by atoms with E-state index < -0.39 is 15.9 Å². The van der Waals surface area contributed by atoms with Crippen molar-refractivity contribution in [2.75, 3.05) is 11.9 Å². The maximum absolute atomic E-state index is 13.0. The first-order valence-electron chi connectivity index (χ1n) is 9.66. The van der Waals surface area contributed by atoms with E-state index in [1.807, 2.05) is 0 Å². The lowest BCUT2D eigenvalue weighted by Crippen LogP contribution is -2.23. The molecule has 2 heterocycles. The van der Waals surface area contributed by atoms with Gasteiger partial charge in [0.2, 0.25) is 5.88 Å². The third-order valence-corrected chi connectivity index (χ3v) is 7.17. The maximum Gasteiger partial charge on any atom is 0.354 e. The normalized spacial score (nSPS) is 21.4. The summed E-state index contributed by atoms with van der Waals surface area (Å²) in [5.74, 6) is 0.739. The molecule has 0 saturated carbocycles. The number of hydrogen-bond donors (Lipinski definition) is 2. The van der Waals surface area contributed by atoms with Crippen molar-refractivity contribution in [3.8, 4) is 5.88 Å². The summed E-state index contributed by atoms with van der Waals surface area (Å²) in [4.78, 5) is 12.8. The Morgan fingerprint density at radius 1 is 1.39 bits per heavy atom.